The number of carbonyl (C=O) groups excluding carboxylic acids is 1. The number of nitrogens with zero attached hydrogens (tertiary/aromatic N) is 2. The number of nitrogens with one attached hydrogen (secondary N) is 1. The highest BCUT2D eigenvalue weighted by Crippen LogP contribution is 2.28. The van der Waals surface area contributed by atoms with Crippen molar-refractivity contribution >= 4 is 11.6 Å². The Kier molecular flexibility index (Phi) is 5.75. The van der Waals surface area contributed by atoms with Crippen LogP contribution in [0.2, 0.25) is 0 Å². The lowest BCUT2D eigenvalue weighted by molar-refractivity contribution is -0.117. The van der Waals surface area contributed by atoms with E-state index in [9.17, 15) is 4.79 Å². The minimum atomic E-state index is 0.0731. The largest absolute Gasteiger partial charge is 0.490 e. The Balaban J connectivity index is 1.21. The number of hydrogen-bond acceptors (Lipinski definition) is 4. The van der Waals surface area contributed by atoms with E-state index in [1.54, 1.807) is 0 Å². The Bertz CT molecular complexity index is 586. The molecule has 1 aromatic rings. The summed E-state index contributed by atoms with van der Waals surface area (Å²) in [5.41, 5.74) is 0.848. The molecule has 3 aliphatic rings. The number of anilines is 1. The molecule has 4 rings (SSSR count). The van der Waals surface area contributed by atoms with E-state index in [1.165, 1.54) is 45.2 Å². The van der Waals surface area contributed by atoms with Crippen LogP contribution in [0, 0.1) is 0 Å². The van der Waals surface area contributed by atoms with E-state index in [1.807, 2.05) is 24.3 Å². The molecule has 0 atom stereocenters. The molecule has 2 aliphatic heterocycles. The predicted molar refractivity (Wildman–Crippen MR) is 104 cm³/mol. The van der Waals surface area contributed by atoms with Crippen LogP contribution in [0.15, 0.2) is 24.3 Å². The van der Waals surface area contributed by atoms with Gasteiger partial charge in [0.15, 0.2) is 0 Å². The zero-order valence-corrected chi connectivity index (χ0v) is 15.7. The average molecular weight is 357 g/mol. The molecule has 5 heteroatoms. The Labute approximate surface area is 156 Å². The van der Waals surface area contributed by atoms with Gasteiger partial charge < -0.3 is 15.0 Å². The van der Waals surface area contributed by atoms with E-state index in [2.05, 4.69) is 15.1 Å². The summed E-state index contributed by atoms with van der Waals surface area (Å²) in [7, 11) is 0. The van der Waals surface area contributed by atoms with Crippen LogP contribution in [-0.2, 0) is 4.79 Å². The fourth-order valence-electron chi connectivity index (χ4n) is 4.26. The van der Waals surface area contributed by atoms with Crippen LogP contribution in [0.4, 0.5) is 5.69 Å². The summed E-state index contributed by atoms with van der Waals surface area (Å²) in [6, 6.07) is 8.69. The lowest BCUT2D eigenvalue weighted by Gasteiger charge is -2.41. The number of carbonyl (C=O) groups is 1. The highest BCUT2D eigenvalue weighted by atomic mass is 16.5. The zero-order chi connectivity index (χ0) is 17.8. The zero-order valence-electron chi connectivity index (χ0n) is 15.7. The number of rotatable bonds is 6. The van der Waals surface area contributed by atoms with Gasteiger partial charge in [-0.3, -0.25) is 9.69 Å². The van der Waals surface area contributed by atoms with Gasteiger partial charge in [-0.05, 0) is 75.9 Å². The van der Waals surface area contributed by atoms with E-state index in [4.69, 9.17) is 4.74 Å². The van der Waals surface area contributed by atoms with E-state index in [0.29, 0.717) is 12.6 Å². The fourth-order valence-corrected chi connectivity index (χ4v) is 4.26. The molecule has 26 heavy (non-hydrogen) atoms. The quantitative estimate of drug-likeness (QED) is 0.850. The van der Waals surface area contributed by atoms with Gasteiger partial charge in [0.05, 0.1) is 6.54 Å². The minimum absolute atomic E-state index is 0.0731. The highest BCUT2D eigenvalue weighted by Gasteiger charge is 2.29. The average Bonchev–Trinajstić information content (AvgIpc) is 3.10. The molecule has 5 nitrogen and oxygen atoms in total. The summed E-state index contributed by atoms with van der Waals surface area (Å²) in [6.07, 6.45) is 9.14. The summed E-state index contributed by atoms with van der Waals surface area (Å²) < 4.78 is 6.16. The fraction of sp³-hybridized carbons (Fsp3) is 0.667. The van der Waals surface area contributed by atoms with E-state index in [-0.39, 0.29) is 5.91 Å². The first-order valence-corrected chi connectivity index (χ1v) is 10.3. The van der Waals surface area contributed by atoms with Crippen LogP contribution in [0.3, 0.4) is 0 Å². The monoisotopic (exact) mass is 357 g/mol. The van der Waals surface area contributed by atoms with E-state index < -0.39 is 0 Å². The van der Waals surface area contributed by atoms with Gasteiger partial charge in [-0.15, -0.1) is 0 Å². The van der Waals surface area contributed by atoms with Gasteiger partial charge in [-0.1, -0.05) is 6.42 Å². The van der Waals surface area contributed by atoms with Gasteiger partial charge in [0.1, 0.15) is 11.9 Å². The third-order valence-corrected chi connectivity index (χ3v) is 6.07. The minimum Gasteiger partial charge on any atom is -0.490 e. The lowest BCUT2D eigenvalue weighted by Crippen LogP contribution is -2.46. The summed E-state index contributed by atoms with van der Waals surface area (Å²) in [6.45, 7) is 4.91. The molecule has 1 aromatic carbocycles. The molecule has 2 saturated heterocycles. The molecule has 142 valence electrons. The van der Waals surface area contributed by atoms with Crippen molar-refractivity contribution in [2.45, 2.75) is 57.1 Å². The number of likely N-dealkylation sites (tertiary alicyclic amines) is 2. The Morgan fingerprint density at radius 1 is 0.962 bits per heavy atom. The van der Waals surface area contributed by atoms with Crippen LogP contribution in [0.5, 0.6) is 5.75 Å². The molecule has 0 aromatic heterocycles. The molecule has 0 radical (unpaired) electrons. The van der Waals surface area contributed by atoms with Crippen molar-refractivity contribution in [3.8, 4) is 5.75 Å². The smallest absolute Gasteiger partial charge is 0.238 e. The third kappa shape index (κ3) is 4.57. The molecule has 2 heterocycles. The topological polar surface area (TPSA) is 44.8 Å². The first-order valence-electron chi connectivity index (χ1n) is 10.3. The van der Waals surface area contributed by atoms with Gasteiger partial charge >= 0.3 is 0 Å². The number of ether oxygens (including phenoxy) is 1. The van der Waals surface area contributed by atoms with Crippen LogP contribution in [-0.4, -0.2) is 60.6 Å². The number of benzene rings is 1. The van der Waals surface area contributed by atoms with Gasteiger partial charge in [-0.25, -0.2) is 0 Å². The SMILES string of the molecule is O=C(CN1CCCC1)Nc1ccc(OC2CCN(C3CCC3)CC2)cc1. The molecule has 1 amide bonds. The molecule has 0 spiro atoms. The number of hydrogen-bond donors (Lipinski definition) is 1. The summed E-state index contributed by atoms with van der Waals surface area (Å²) in [4.78, 5) is 16.9. The van der Waals surface area contributed by atoms with Crippen molar-refractivity contribution in [1.29, 1.82) is 0 Å². The standard InChI is InChI=1S/C21H31N3O2/c25-21(16-23-12-1-2-13-23)22-17-6-8-19(9-7-17)26-20-10-14-24(15-11-20)18-4-3-5-18/h6-9,18,20H,1-5,10-16H2,(H,22,25). The van der Waals surface area contributed by atoms with Crippen molar-refractivity contribution in [1.82, 2.24) is 9.80 Å². The molecule has 0 bridgehead atoms. The lowest BCUT2D eigenvalue weighted by atomic mass is 9.90. The molecule has 1 aliphatic carbocycles. The maximum Gasteiger partial charge on any atom is 0.238 e. The maximum absolute atomic E-state index is 12.1. The second-order valence-corrected chi connectivity index (χ2v) is 7.99. The van der Waals surface area contributed by atoms with Crippen molar-refractivity contribution in [2.75, 3.05) is 38.0 Å². The van der Waals surface area contributed by atoms with Crippen LogP contribution in [0.25, 0.3) is 0 Å². The summed E-state index contributed by atoms with van der Waals surface area (Å²) in [5, 5.41) is 2.99. The molecule has 3 fully saturated rings. The number of amides is 1. The van der Waals surface area contributed by atoms with Gasteiger partial charge in [0, 0.05) is 24.8 Å². The molecular weight excluding hydrogens is 326 g/mol. The van der Waals surface area contributed by atoms with Gasteiger partial charge in [0.2, 0.25) is 5.91 Å². The Morgan fingerprint density at radius 2 is 1.65 bits per heavy atom. The maximum atomic E-state index is 12.1. The first-order chi connectivity index (χ1) is 12.8. The number of piperidine rings is 1. The molecule has 1 saturated carbocycles. The second-order valence-electron chi connectivity index (χ2n) is 7.99. The van der Waals surface area contributed by atoms with Crippen molar-refractivity contribution < 1.29 is 9.53 Å². The normalized spacial score (nSPS) is 22.9. The van der Waals surface area contributed by atoms with Crippen molar-refractivity contribution in [3.05, 3.63) is 24.3 Å². The Morgan fingerprint density at radius 3 is 2.27 bits per heavy atom. The van der Waals surface area contributed by atoms with Crippen LogP contribution in [0.1, 0.15) is 44.9 Å². The Hall–Kier alpha value is -1.59. The van der Waals surface area contributed by atoms with E-state index in [0.717, 1.165) is 43.4 Å². The third-order valence-electron chi connectivity index (χ3n) is 6.07. The molecule has 0 unspecified atom stereocenters. The van der Waals surface area contributed by atoms with Gasteiger partial charge in [0.25, 0.3) is 0 Å². The second kappa shape index (κ2) is 8.40. The van der Waals surface area contributed by atoms with E-state index >= 15 is 0 Å². The van der Waals surface area contributed by atoms with Gasteiger partial charge in [-0.2, -0.15) is 0 Å². The first kappa shape index (κ1) is 17.8. The predicted octanol–water partition coefficient (Wildman–Crippen LogP) is 3.12. The molecule has 1 N–H and O–H groups in total. The van der Waals surface area contributed by atoms with Crippen molar-refractivity contribution in [3.63, 3.8) is 0 Å². The molecular formula is C21H31N3O2. The van der Waals surface area contributed by atoms with Crippen LogP contribution < -0.4 is 10.1 Å². The van der Waals surface area contributed by atoms with Crippen molar-refractivity contribution in [2.24, 2.45) is 0 Å². The summed E-state index contributed by atoms with van der Waals surface area (Å²) >= 11 is 0. The van der Waals surface area contributed by atoms with Crippen LogP contribution >= 0.6 is 0 Å². The summed E-state index contributed by atoms with van der Waals surface area (Å²) in [5.74, 6) is 0.980. The highest BCUT2D eigenvalue weighted by molar-refractivity contribution is 5.92.